The molecule has 4 atom stereocenters. The van der Waals surface area contributed by atoms with Crippen LogP contribution in [-0.4, -0.2) is 23.6 Å². The lowest BCUT2D eigenvalue weighted by atomic mass is 9.47. The number of hydrogen-bond donors (Lipinski definition) is 1. The lowest BCUT2D eigenvalue weighted by Gasteiger charge is -2.57. The van der Waals surface area contributed by atoms with Crippen LogP contribution in [0.3, 0.4) is 0 Å². The number of fused-ring (bicyclic) bond motifs is 2. The van der Waals surface area contributed by atoms with Gasteiger partial charge in [-0.15, -0.1) is 0 Å². The Morgan fingerprint density at radius 2 is 1.90 bits per heavy atom. The van der Waals surface area contributed by atoms with Crippen molar-refractivity contribution < 1.29 is 19.1 Å². The molecule has 4 rings (SSSR count). The number of aliphatic hydroxyl groups excluding tert-OH is 1. The maximum Gasteiger partial charge on any atom is 0.336 e. The van der Waals surface area contributed by atoms with Crippen LogP contribution in [-0.2, 0) is 4.79 Å². The number of benzene rings is 1. The Morgan fingerprint density at radius 3 is 2.66 bits per heavy atom. The molecule has 1 fully saturated rings. The maximum atomic E-state index is 12.9. The first-order valence-electron chi connectivity index (χ1n) is 10.2. The molecule has 0 saturated heterocycles. The predicted molar refractivity (Wildman–Crippen MR) is 111 cm³/mol. The number of ketones is 1. The van der Waals surface area contributed by atoms with Gasteiger partial charge in [0, 0.05) is 34.8 Å². The van der Waals surface area contributed by atoms with Crippen molar-refractivity contribution in [2.24, 2.45) is 22.7 Å². The van der Waals surface area contributed by atoms with Gasteiger partial charge in [-0.3, -0.25) is 4.79 Å². The van der Waals surface area contributed by atoms with Crippen molar-refractivity contribution in [2.75, 3.05) is 6.61 Å². The average molecular weight is 396 g/mol. The first-order valence-corrected chi connectivity index (χ1v) is 10.2. The molecular formula is C24H28O5. The molecule has 0 amide bonds. The van der Waals surface area contributed by atoms with Crippen LogP contribution in [0.2, 0.25) is 0 Å². The molecule has 0 radical (unpaired) electrons. The molecule has 0 spiro atoms. The van der Waals surface area contributed by atoms with Gasteiger partial charge < -0.3 is 14.3 Å². The third-order valence-electron chi connectivity index (χ3n) is 7.23. The molecule has 2 aliphatic rings. The number of allylic oxidation sites excluding steroid dienone is 1. The molecule has 1 aromatic carbocycles. The standard InChI is InChI=1S/C24H28O5/c1-14-11-18(25)22-23(2,3)20(26)9-10-24(22,4)17(14)13-28-16-7-5-15-6-8-21(27)29-19(15)12-16/h5-8,11-12,17,20,22,26H,9-10,13H2,1-4H3/t17-,20+,22-,24-/m1/s1. The Kier molecular flexibility index (Phi) is 4.69. The highest BCUT2D eigenvalue weighted by Gasteiger charge is 2.58. The van der Waals surface area contributed by atoms with Crippen molar-refractivity contribution in [3.05, 3.63) is 52.4 Å². The van der Waals surface area contributed by atoms with E-state index >= 15 is 0 Å². The largest absolute Gasteiger partial charge is 0.493 e. The maximum absolute atomic E-state index is 12.9. The highest BCUT2D eigenvalue weighted by atomic mass is 16.5. The minimum absolute atomic E-state index is 0.0652. The molecule has 0 bridgehead atoms. The second kappa shape index (κ2) is 6.84. The van der Waals surface area contributed by atoms with Gasteiger partial charge in [0.05, 0.1) is 12.7 Å². The molecule has 154 valence electrons. The Morgan fingerprint density at radius 1 is 1.17 bits per heavy atom. The summed E-state index contributed by atoms with van der Waals surface area (Å²) in [5, 5.41) is 11.4. The first kappa shape index (κ1) is 19.9. The molecule has 0 aliphatic heterocycles. The summed E-state index contributed by atoms with van der Waals surface area (Å²) in [6.45, 7) is 8.57. The van der Waals surface area contributed by atoms with E-state index in [9.17, 15) is 14.7 Å². The summed E-state index contributed by atoms with van der Waals surface area (Å²) in [4.78, 5) is 24.4. The second-order valence-corrected chi connectivity index (χ2v) is 9.42. The Hall–Kier alpha value is -2.40. The monoisotopic (exact) mass is 396 g/mol. The van der Waals surface area contributed by atoms with Crippen LogP contribution in [0.5, 0.6) is 5.75 Å². The van der Waals surface area contributed by atoms with Crippen molar-refractivity contribution in [3.63, 3.8) is 0 Å². The number of hydrogen-bond acceptors (Lipinski definition) is 5. The molecule has 1 aromatic heterocycles. The lowest BCUT2D eigenvalue weighted by molar-refractivity contribution is -0.152. The topological polar surface area (TPSA) is 76.7 Å². The number of ether oxygens (including phenoxy) is 1. The zero-order valence-electron chi connectivity index (χ0n) is 17.4. The molecule has 1 heterocycles. The minimum atomic E-state index is -0.485. The van der Waals surface area contributed by atoms with E-state index in [-0.39, 0.29) is 23.0 Å². The normalized spacial score (nSPS) is 31.3. The predicted octanol–water partition coefficient (Wildman–Crippen LogP) is 4.12. The van der Waals surface area contributed by atoms with Crippen LogP contribution < -0.4 is 10.4 Å². The number of aliphatic hydroxyl groups is 1. The van der Waals surface area contributed by atoms with Crippen LogP contribution in [0.4, 0.5) is 0 Å². The highest BCUT2D eigenvalue weighted by Crippen LogP contribution is 2.58. The van der Waals surface area contributed by atoms with Gasteiger partial charge in [-0.2, -0.15) is 0 Å². The fraction of sp³-hybridized carbons (Fsp3) is 0.500. The quantitative estimate of drug-likeness (QED) is 0.790. The van der Waals surface area contributed by atoms with E-state index in [2.05, 4.69) is 6.92 Å². The van der Waals surface area contributed by atoms with E-state index in [1.54, 1.807) is 18.2 Å². The van der Waals surface area contributed by atoms with E-state index in [4.69, 9.17) is 9.15 Å². The lowest BCUT2D eigenvalue weighted by Crippen LogP contribution is -2.58. The van der Waals surface area contributed by atoms with Gasteiger partial charge in [-0.25, -0.2) is 4.79 Å². The summed E-state index contributed by atoms with van der Waals surface area (Å²) in [6, 6.07) is 8.59. The number of carbonyl (C=O) groups is 1. The van der Waals surface area contributed by atoms with Gasteiger partial charge in [0.15, 0.2) is 5.78 Å². The van der Waals surface area contributed by atoms with Gasteiger partial charge in [0.2, 0.25) is 0 Å². The van der Waals surface area contributed by atoms with Gasteiger partial charge in [-0.05, 0) is 49.5 Å². The molecule has 1 N–H and O–H groups in total. The van der Waals surface area contributed by atoms with Crippen LogP contribution in [0.15, 0.2) is 51.2 Å². The second-order valence-electron chi connectivity index (χ2n) is 9.42. The smallest absolute Gasteiger partial charge is 0.336 e. The van der Waals surface area contributed by atoms with Crippen molar-refractivity contribution in [2.45, 2.75) is 46.6 Å². The van der Waals surface area contributed by atoms with E-state index in [1.165, 1.54) is 6.07 Å². The molecule has 1 saturated carbocycles. The van der Waals surface area contributed by atoms with E-state index in [1.807, 2.05) is 32.9 Å². The van der Waals surface area contributed by atoms with Crippen LogP contribution in [0.25, 0.3) is 11.0 Å². The van der Waals surface area contributed by atoms with E-state index < -0.39 is 17.1 Å². The third-order valence-corrected chi connectivity index (χ3v) is 7.23. The SMILES string of the molecule is CC1=CC(=O)[C@@H]2C(C)(C)[C@@H](O)CC[C@]2(C)[C@@H]1COc1ccc2ccc(=O)oc2c1. The molecule has 5 heteroatoms. The molecular weight excluding hydrogens is 368 g/mol. The zero-order chi connectivity index (χ0) is 21.0. The Labute approximate surface area is 170 Å². The molecule has 0 unspecified atom stereocenters. The Balaban J connectivity index is 1.63. The van der Waals surface area contributed by atoms with Crippen LogP contribution >= 0.6 is 0 Å². The number of carbonyl (C=O) groups excluding carboxylic acids is 1. The summed E-state index contributed by atoms with van der Waals surface area (Å²) >= 11 is 0. The fourth-order valence-electron chi connectivity index (χ4n) is 5.63. The summed E-state index contributed by atoms with van der Waals surface area (Å²) in [6.07, 6.45) is 2.71. The van der Waals surface area contributed by atoms with Crippen molar-refractivity contribution in [1.29, 1.82) is 0 Å². The average Bonchev–Trinajstić information content (AvgIpc) is 2.64. The van der Waals surface area contributed by atoms with Crippen LogP contribution in [0.1, 0.15) is 40.5 Å². The first-order chi connectivity index (χ1) is 13.6. The molecule has 2 aliphatic carbocycles. The zero-order valence-corrected chi connectivity index (χ0v) is 17.4. The van der Waals surface area contributed by atoms with Gasteiger partial charge in [0.25, 0.3) is 0 Å². The Bertz CT molecular complexity index is 1050. The van der Waals surface area contributed by atoms with Gasteiger partial charge in [-0.1, -0.05) is 26.3 Å². The number of rotatable bonds is 3. The summed E-state index contributed by atoms with van der Waals surface area (Å²) in [7, 11) is 0. The fourth-order valence-corrected chi connectivity index (χ4v) is 5.63. The van der Waals surface area contributed by atoms with E-state index in [0.29, 0.717) is 24.4 Å². The molecule has 2 aromatic rings. The van der Waals surface area contributed by atoms with E-state index in [0.717, 1.165) is 17.4 Å². The summed E-state index contributed by atoms with van der Waals surface area (Å²) < 4.78 is 11.4. The third kappa shape index (κ3) is 3.21. The summed E-state index contributed by atoms with van der Waals surface area (Å²) in [5.74, 6) is 0.561. The minimum Gasteiger partial charge on any atom is -0.493 e. The molecule has 29 heavy (non-hydrogen) atoms. The van der Waals surface area contributed by atoms with Crippen molar-refractivity contribution in [3.8, 4) is 5.75 Å². The van der Waals surface area contributed by atoms with Gasteiger partial charge in [0.1, 0.15) is 11.3 Å². The molecule has 5 nitrogen and oxygen atoms in total. The van der Waals surface area contributed by atoms with Crippen molar-refractivity contribution in [1.82, 2.24) is 0 Å². The summed E-state index contributed by atoms with van der Waals surface area (Å²) in [5.41, 5.74) is 0.367. The van der Waals surface area contributed by atoms with Gasteiger partial charge >= 0.3 is 5.63 Å². The van der Waals surface area contributed by atoms with Crippen LogP contribution in [0, 0.1) is 22.7 Å². The van der Waals surface area contributed by atoms with Crippen molar-refractivity contribution >= 4 is 16.8 Å². The highest BCUT2D eigenvalue weighted by molar-refractivity contribution is 5.95.